The molecule has 1 saturated heterocycles. The minimum Gasteiger partial charge on any atom is -0.488 e. The largest absolute Gasteiger partial charge is 0.488 e. The molecule has 0 radical (unpaired) electrons. The molecular formula is C25H17BrClIN2O4S. The monoisotopic (exact) mass is 682 g/mol. The summed E-state index contributed by atoms with van der Waals surface area (Å²) >= 11 is 12.3. The van der Waals surface area contributed by atoms with E-state index in [9.17, 15) is 14.4 Å². The lowest BCUT2D eigenvalue weighted by atomic mass is 10.1. The zero-order chi connectivity index (χ0) is 24.9. The van der Waals surface area contributed by atoms with E-state index in [1.54, 1.807) is 42.5 Å². The number of anilines is 1. The molecule has 10 heteroatoms. The van der Waals surface area contributed by atoms with Gasteiger partial charge >= 0.3 is 0 Å². The van der Waals surface area contributed by atoms with Gasteiger partial charge in [0.25, 0.3) is 11.1 Å². The van der Waals surface area contributed by atoms with Crippen molar-refractivity contribution in [1.29, 1.82) is 0 Å². The highest BCUT2D eigenvalue weighted by molar-refractivity contribution is 14.1. The number of amides is 3. The zero-order valence-corrected chi connectivity index (χ0v) is 23.3. The second-order valence-corrected chi connectivity index (χ2v) is 11.0. The maximum Gasteiger partial charge on any atom is 0.294 e. The van der Waals surface area contributed by atoms with Gasteiger partial charge in [0, 0.05) is 24.3 Å². The molecule has 3 aromatic carbocycles. The number of rotatable bonds is 7. The van der Waals surface area contributed by atoms with Gasteiger partial charge in [0.15, 0.2) is 0 Å². The third kappa shape index (κ3) is 6.87. The molecule has 178 valence electrons. The number of ether oxygens (including phenoxy) is 1. The number of hydrogen-bond acceptors (Lipinski definition) is 5. The lowest BCUT2D eigenvalue weighted by molar-refractivity contribution is -0.127. The fourth-order valence-electron chi connectivity index (χ4n) is 3.16. The molecule has 1 N–H and O–H groups in total. The highest BCUT2D eigenvalue weighted by Gasteiger charge is 2.36. The molecule has 0 atom stereocenters. The van der Waals surface area contributed by atoms with Crippen LogP contribution in [0.1, 0.15) is 11.1 Å². The molecule has 1 aliphatic rings. The van der Waals surface area contributed by atoms with Crippen LogP contribution in [0.25, 0.3) is 6.08 Å². The van der Waals surface area contributed by atoms with Crippen LogP contribution in [0, 0.1) is 3.57 Å². The van der Waals surface area contributed by atoms with Crippen molar-refractivity contribution >= 4 is 90.7 Å². The van der Waals surface area contributed by atoms with Gasteiger partial charge in [-0.25, -0.2) is 0 Å². The molecule has 1 aliphatic heterocycles. The van der Waals surface area contributed by atoms with E-state index in [2.05, 4.69) is 43.8 Å². The van der Waals surface area contributed by atoms with Gasteiger partial charge in [-0.2, -0.15) is 0 Å². The number of imide groups is 1. The number of nitrogens with zero attached hydrogens (tertiary/aromatic N) is 1. The number of halogens is 3. The van der Waals surface area contributed by atoms with E-state index in [1.807, 2.05) is 30.3 Å². The van der Waals surface area contributed by atoms with Gasteiger partial charge < -0.3 is 10.1 Å². The van der Waals surface area contributed by atoms with Crippen molar-refractivity contribution in [3.05, 3.63) is 95.8 Å². The highest BCUT2D eigenvalue weighted by Crippen LogP contribution is 2.35. The smallest absolute Gasteiger partial charge is 0.294 e. The predicted molar refractivity (Wildman–Crippen MR) is 150 cm³/mol. The standard InChI is InChI=1S/C25H17BrClIN2O4S/c26-17-3-10-21(34-14-15-1-4-18(27)5-2-15)16(11-17)12-22-24(32)30(25(33)35-22)13-23(31)29-20-8-6-19(28)7-9-20/h1-12H,13-14H2,(H,29,31)/b22-12-. The number of hydrogen-bond donors (Lipinski definition) is 1. The number of thioether (sulfide) groups is 1. The summed E-state index contributed by atoms with van der Waals surface area (Å²) in [7, 11) is 0. The molecule has 4 rings (SSSR count). The Balaban J connectivity index is 1.47. The van der Waals surface area contributed by atoms with Crippen LogP contribution in [-0.2, 0) is 16.2 Å². The third-order valence-electron chi connectivity index (χ3n) is 4.87. The summed E-state index contributed by atoms with van der Waals surface area (Å²) in [6.45, 7) is -0.0633. The number of carbonyl (C=O) groups excluding carboxylic acids is 3. The summed E-state index contributed by atoms with van der Waals surface area (Å²) in [5.74, 6) is -0.433. The highest BCUT2D eigenvalue weighted by atomic mass is 127. The van der Waals surface area contributed by atoms with Crippen LogP contribution in [0.3, 0.4) is 0 Å². The van der Waals surface area contributed by atoms with Gasteiger partial charge in [-0.15, -0.1) is 0 Å². The molecule has 0 saturated carbocycles. The van der Waals surface area contributed by atoms with Crippen molar-refractivity contribution in [2.24, 2.45) is 0 Å². The molecule has 1 fully saturated rings. The van der Waals surface area contributed by atoms with Crippen LogP contribution in [0.15, 0.2) is 76.1 Å². The Bertz CT molecular complexity index is 1320. The van der Waals surface area contributed by atoms with Crippen molar-refractivity contribution in [1.82, 2.24) is 4.90 Å². The maximum absolute atomic E-state index is 12.9. The minimum absolute atomic E-state index is 0.214. The molecule has 6 nitrogen and oxygen atoms in total. The Kier molecular flexibility index (Phi) is 8.53. The van der Waals surface area contributed by atoms with Gasteiger partial charge in [-0.3, -0.25) is 19.3 Å². The first-order chi connectivity index (χ1) is 16.8. The molecule has 0 aliphatic carbocycles. The summed E-state index contributed by atoms with van der Waals surface area (Å²) in [5.41, 5.74) is 2.15. The third-order valence-corrected chi connectivity index (χ3v) is 7.24. The Hall–Kier alpha value is -2.34. The molecule has 0 unspecified atom stereocenters. The first kappa shape index (κ1) is 25.7. The van der Waals surface area contributed by atoms with Crippen LogP contribution >= 0.6 is 61.9 Å². The minimum atomic E-state index is -0.526. The van der Waals surface area contributed by atoms with Gasteiger partial charge in [-0.05, 0) is 101 Å². The average Bonchev–Trinajstić information content (AvgIpc) is 3.08. The fourth-order valence-corrected chi connectivity index (χ4v) is 4.85. The van der Waals surface area contributed by atoms with Crippen molar-refractivity contribution < 1.29 is 19.1 Å². The molecule has 0 bridgehead atoms. The first-order valence-electron chi connectivity index (χ1n) is 10.3. The van der Waals surface area contributed by atoms with Crippen LogP contribution in [0.4, 0.5) is 10.5 Å². The fraction of sp³-hybridized carbons (Fsp3) is 0.0800. The second-order valence-electron chi connectivity index (χ2n) is 7.42. The van der Waals surface area contributed by atoms with Gasteiger partial charge in [0.05, 0.1) is 4.91 Å². The molecule has 0 spiro atoms. The molecule has 0 aromatic heterocycles. The van der Waals surface area contributed by atoms with Gasteiger partial charge in [0.2, 0.25) is 5.91 Å². The van der Waals surface area contributed by atoms with Crippen LogP contribution in [0.2, 0.25) is 5.02 Å². The summed E-state index contributed by atoms with van der Waals surface area (Å²) in [6, 6.07) is 19.9. The van der Waals surface area contributed by atoms with E-state index < -0.39 is 17.1 Å². The molecule has 35 heavy (non-hydrogen) atoms. The van der Waals surface area contributed by atoms with Crippen LogP contribution in [0.5, 0.6) is 5.75 Å². The van der Waals surface area contributed by atoms with Crippen LogP contribution < -0.4 is 10.1 Å². The quantitative estimate of drug-likeness (QED) is 0.215. The molecular weight excluding hydrogens is 667 g/mol. The first-order valence-corrected chi connectivity index (χ1v) is 13.3. The van der Waals surface area contributed by atoms with Crippen molar-refractivity contribution in [3.63, 3.8) is 0 Å². The van der Waals surface area contributed by atoms with E-state index in [1.165, 1.54) is 0 Å². The van der Waals surface area contributed by atoms with E-state index in [4.69, 9.17) is 16.3 Å². The maximum atomic E-state index is 12.9. The number of nitrogens with one attached hydrogen (secondary N) is 1. The molecule has 3 aromatic rings. The second kappa shape index (κ2) is 11.6. The lowest BCUT2D eigenvalue weighted by Gasteiger charge is -2.13. The van der Waals surface area contributed by atoms with Crippen molar-refractivity contribution in [3.8, 4) is 5.75 Å². The normalized spacial score (nSPS) is 14.5. The van der Waals surface area contributed by atoms with Crippen molar-refractivity contribution in [2.75, 3.05) is 11.9 Å². The zero-order valence-electron chi connectivity index (χ0n) is 18.0. The average molecular weight is 684 g/mol. The SMILES string of the molecule is O=C(CN1C(=O)S/C(=C\c2cc(Br)ccc2OCc2ccc(Cl)cc2)C1=O)Nc1ccc(I)cc1. The van der Waals surface area contributed by atoms with E-state index in [-0.39, 0.29) is 11.4 Å². The molecule has 3 amide bonds. The van der Waals surface area contributed by atoms with Crippen molar-refractivity contribution in [2.45, 2.75) is 6.61 Å². The number of benzene rings is 3. The van der Waals surface area contributed by atoms with E-state index in [0.717, 1.165) is 30.3 Å². The Morgan fingerprint density at radius 1 is 1.09 bits per heavy atom. The summed E-state index contributed by atoms with van der Waals surface area (Å²) in [6.07, 6.45) is 1.60. The summed E-state index contributed by atoms with van der Waals surface area (Å²) < 4.78 is 7.78. The van der Waals surface area contributed by atoms with E-state index in [0.29, 0.717) is 28.6 Å². The summed E-state index contributed by atoms with van der Waals surface area (Å²) in [4.78, 5) is 39.0. The molecule has 1 heterocycles. The predicted octanol–water partition coefficient (Wildman–Crippen LogP) is 6.96. The van der Waals surface area contributed by atoms with E-state index >= 15 is 0 Å². The van der Waals surface area contributed by atoms with Crippen LogP contribution in [-0.4, -0.2) is 28.5 Å². The number of carbonyl (C=O) groups is 3. The Morgan fingerprint density at radius 3 is 2.51 bits per heavy atom. The Labute approximate surface area is 233 Å². The van der Waals surface area contributed by atoms with Gasteiger partial charge in [-0.1, -0.05) is 39.7 Å². The summed E-state index contributed by atoms with van der Waals surface area (Å²) in [5, 5.41) is 2.84. The Morgan fingerprint density at radius 2 is 1.80 bits per heavy atom. The lowest BCUT2D eigenvalue weighted by Crippen LogP contribution is -2.36. The topological polar surface area (TPSA) is 75.7 Å². The van der Waals surface area contributed by atoms with Gasteiger partial charge in [0.1, 0.15) is 18.9 Å².